The normalized spacial score (nSPS) is 18.7. The van der Waals surface area contributed by atoms with Crippen molar-refractivity contribution in [2.75, 3.05) is 37.1 Å². The molecule has 4 aromatic rings. The predicted octanol–water partition coefficient (Wildman–Crippen LogP) is 1.92. The molecule has 6 rings (SSSR count). The summed E-state index contributed by atoms with van der Waals surface area (Å²) < 4.78 is 26.0. The molecule has 4 heterocycles. The van der Waals surface area contributed by atoms with E-state index in [9.17, 15) is 18.6 Å². The lowest BCUT2D eigenvalue weighted by atomic mass is 10.0. The summed E-state index contributed by atoms with van der Waals surface area (Å²) in [6, 6.07) is 21.1. The number of nitrogens with zero attached hydrogens (tertiary/aromatic N) is 6. The van der Waals surface area contributed by atoms with Gasteiger partial charge in [0.1, 0.15) is 29.4 Å². The molecule has 258 valence electrons. The fraction of sp³-hybridized carbons (Fsp3) is 0.265. The van der Waals surface area contributed by atoms with Gasteiger partial charge in [0.15, 0.2) is 30.2 Å². The van der Waals surface area contributed by atoms with Crippen molar-refractivity contribution in [3.05, 3.63) is 113 Å². The minimum Gasteiger partial charge on any atom is -0.448 e. The van der Waals surface area contributed by atoms with Gasteiger partial charge in [0.05, 0.1) is 16.6 Å². The van der Waals surface area contributed by atoms with Crippen molar-refractivity contribution in [1.82, 2.24) is 19.6 Å². The number of fused-ring (bicyclic) bond motifs is 1. The average molecular weight is 716 g/mol. The first kappa shape index (κ1) is 34.4. The summed E-state index contributed by atoms with van der Waals surface area (Å²) in [4.78, 5) is 54.0. The van der Waals surface area contributed by atoms with Crippen LogP contribution in [0, 0.1) is 0 Å². The number of nitrogens with two attached hydrogens (primary N) is 1. The first-order chi connectivity index (χ1) is 24.2. The molecule has 2 aliphatic rings. The van der Waals surface area contributed by atoms with E-state index in [0.717, 1.165) is 28.3 Å². The predicted molar refractivity (Wildman–Crippen MR) is 187 cm³/mol. The van der Waals surface area contributed by atoms with Crippen molar-refractivity contribution in [1.29, 1.82) is 0 Å². The Balaban J connectivity index is 1.35. The lowest BCUT2D eigenvalue weighted by Gasteiger charge is -2.49. The molecule has 14 nitrogen and oxygen atoms in total. The molecule has 16 heteroatoms. The summed E-state index contributed by atoms with van der Waals surface area (Å²) in [6.45, 7) is 2.00. The van der Waals surface area contributed by atoms with Crippen LogP contribution < -0.4 is 20.5 Å². The largest absolute Gasteiger partial charge is 0.448 e. The Morgan fingerprint density at radius 1 is 1.12 bits per heavy atom. The third kappa shape index (κ3) is 7.11. The number of anilines is 2. The van der Waals surface area contributed by atoms with E-state index < -0.39 is 46.1 Å². The third-order valence-electron chi connectivity index (χ3n) is 8.00. The maximum Gasteiger partial charge on any atom is 0.356 e. The van der Waals surface area contributed by atoms with Gasteiger partial charge in [-0.25, -0.2) is 4.79 Å². The van der Waals surface area contributed by atoms with E-state index in [1.54, 1.807) is 6.92 Å². The van der Waals surface area contributed by atoms with Gasteiger partial charge in [0.2, 0.25) is 11.5 Å². The van der Waals surface area contributed by atoms with E-state index in [-0.39, 0.29) is 41.3 Å². The lowest BCUT2D eigenvalue weighted by molar-refractivity contribution is -0.688. The molecule has 3 N–H and O–H groups in total. The highest BCUT2D eigenvalue weighted by molar-refractivity contribution is 7.86. The number of benzene rings is 2. The molecule has 2 unspecified atom stereocenters. The third-order valence-corrected chi connectivity index (χ3v) is 10.2. The van der Waals surface area contributed by atoms with Gasteiger partial charge in [0, 0.05) is 37.3 Å². The maximum atomic E-state index is 14.4. The Morgan fingerprint density at radius 3 is 2.40 bits per heavy atom. The summed E-state index contributed by atoms with van der Waals surface area (Å²) in [6.07, 6.45) is 2.92. The number of esters is 1. The Labute approximate surface area is 294 Å². The minimum absolute atomic E-state index is 0.0122. The molecular formula is C34H35N8O6S2+. The quantitative estimate of drug-likeness (QED) is 0.0726. The minimum atomic E-state index is -1.71. The van der Waals surface area contributed by atoms with Gasteiger partial charge < -0.3 is 25.5 Å². The highest BCUT2D eigenvalue weighted by Crippen LogP contribution is 2.37. The molecule has 0 aliphatic carbocycles. The number of carbonyl (C=O) groups is 3. The second kappa shape index (κ2) is 15.0. The van der Waals surface area contributed by atoms with Crippen LogP contribution in [0.3, 0.4) is 0 Å². The van der Waals surface area contributed by atoms with Gasteiger partial charge in [-0.05, 0) is 24.1 Å². The number of nitrogen functional groups attached to an aromatic ring is 1. The first-order valence-electron chi connectivity index (χ1n) is 15.7. The molecule has 3 atom stereocenters. The van der Waals surface area contributed by atoms with Crippen LogP contribution in [0.1, 0.15) is 30.0 Å². The molecule has 0 radical (unpaired) electrons. The summed E-state index contributed by atoms with van der Waals surface area (Å²) in [7, 11) is 2.10. The number of ether oxygens (including phenoxy) is 1. The number of β-lactam (4-membered cyclic amide) rings is 1. The average Bonchev–Trinajstić information content (AvgIpc) is 3.55. The smallest absolute Gasteiger partial charge is 0.356 e. The monoisotopic (exact) mass is 715 g/mol. The second-order valence-electron chi connectivity index (χ2n) is 11.6. The molecule has 2 aliphatic heterocycles. The Hall–Kier alpha value is -5.48. The molecule has 2 aromatic heterocycles. The number of amides is 2. The number of hydrogen-bond donors (Lipinski definition) is 2. The van der Waals surface area contributed by atoms with Crippen molar-refractivity contribution < 1.29 is 32.7 Å². The molecule has 2 aromatic carbocycles. The van der Waals surface area contributed by atoms with Gasteiger partial charge in [-0.1, -0.05) is 65.8 Å². The number of rotatable bonds is 12. The molecule has 1 saturated heterocycles. The summed E-state index contributed by atoms with van der Waals surface area (Å²) in [5, 5.41) is 5.51. The van der Waals surface area contributed by atoms with Crippen molar-refractivity contribution in [2.24, 2.45) is 5.16 Å². The van der Waals surface area contributed by atoms with Crippen LogP contribution in [0.2, 0.25) is 0 Å². The molecule has 0 bridgehead atoms. The van der Waals surface area contributed by atoms with E-state index in [1.807, 2.05) is 109 Å². The molecule has 1 fully saturated rings. The van der Waals surface area contributed by atoms with Crippen LogP contribution in [0.5, 0.6) is 0 Å². The Bertz CT molecular complexity index is 1950. The SMILES string of the molecule is CCON=C(C(=O)NC1C(=O)N2C(C(=O)OC(c3ccccc3)c3ccccc3)=C(C[n+]3cccc(N(C)C)c3)CS(=O)[C@H]12)c1nsc(N)n1. The molecule has 0 saturated carbocycles. The fourth-order valence-electron chi connectivity index (χ4n) is 5.66. The van der Waals surface area contributed by atoms with Crippen LogP contribution in [0.15, 0.2) is 102 Å². The van der Waals surface area contributed by atoms with Gasteiger partial charge in [-0.3, -0.25) is 18.7 Å². The second-order valence-corrected chi connectivity index (χ2v) is 13.9. The summed E-state index contributed by atoms with van der Waals surface area (Å²) >= 11 is 0.864. The zero-order valence-electron chi connectivity index (χ0n) is 27.5. The highest BCUT2D eigenvalue weighted by Gasteiger charge is 2.58. The van der Waals surface area contributed by atoms with Crippen LogP contribution >= 0.6 is 11.5 Å². The van der Waals surface area contributed by atoms with E-state index in [4.69, 9.17) is 15.3 Å². The molecule has 2 amide bonds. The van der Waals surface area contributed by atoms with Crippen LogP contribution in [-0.2, 0) is 41.3 Å². The van der Waals surface area contributed by atoms with Crippen LogP contribution in [-0.4, -0.2) is 79.8 Å². The highest BCUT2D eigenvalue weighted by atomic mass is 32.2. The standard InChI is InChI=1S/C34H34N8O6S2/c1-4-47-38-25(29-37-34(35)49-39-29)30(43)36-26-31(44)42-27(23(20-50(46)32(26)42)18-41-17-11-16-24(19-41)40(2)3)33(45)48-28(21-12-7-5-8-13-21)22-14-9-6-10-15-22/h5-17,19,26,28,32H,4,18,20H2,1-3H3,(H2-,35,36,37,39,43)/p+1/t26?,32-,50?/m1/s1. The van der Waals surface area contributed by atoms with E-state index in [2.05, 4.69) is 19.8 Å². The van der Waals surface area contributed by atoms with Crippen LogP contribution in [0.4, 0.5) is 10.8 Å². The fourth-order valence-corrected chi connectivity index (χ4v) is 7.76. The summed E-state index contributed by atoms with van der Waals surface area (Å²) in [5.74, 6) is -2.35. The van der Waals surface area contributed by atoms with Gasteiger partial charge in [-0.15, -0.1) is 0 Å². The topological polar surface area (TPSA) is 173 Å². The number of nitrogens with one attached hydrogen (secondary N) is 1. The van der Waals surface area contributed by atoms with Crippen molar-refractivity contribution >= 4 is 56.6 Å². The molecule has 0 spiro atoms. The molecular weight excluding hydrogens is 681 g/mol. The van der Waals surface area contributed by atoms with E-state index in [1.165, 1.54) is 4.90 Å². The maximum absolute atomic E-state index is 14.4. The Morgan fingerprint density at radius 2 is 1.80 bits per heavy atom. The zero-order valence-corrected chi connectivity index (χ0v) is 29.1. The van der Waals surface area contributed by atoms with Crippen molar-refractivity contribution in [2.45, 2.75) is 31.0 Å². The van der Waals surface area contributed by atoms with Gasteiger partial charge >= 0.3 is 5.97 Å². The van der Waals surface area contributed by atoms with E-state index >= 15 is 0 Å². The van der Waals surface area contributed by atoms with Gasteiger partial charge in [-0.2, -0.15) is 13.9 Å². The zero-order chi connectivity index (χ0) is 35.4. The van der Waals surface area contributed by atoms with E-state index in [0.29, 0.717) is 5.57 Å². The number of hydrogen-bond acceptors (Lipinski definition) is 12. The number of pyridine rings is 1. The van der Waals surface area contributed by atoms with Crippen molar-refractivity contribution in [3.8, 4) is 0 Å². The number of carbonyl (C=O) groups excluding carboxylic acids is 3. The Kier molecular flexibility index (Phi) is 10.3. The van der Waals surface area contributed by atoms with Crippen LogP contribution in [0.25, 0.3) is 0 Å². The van der Waals surface area contributed by atoms with Crippen molar-refractivity contribution in [3.63, 3.8) is 0 Å². The van der Waals surface area contributed by atoms with Gasteiger partial charge in [0.25, 0.3) is 11.8 Å². The summed E-state index contributed by atoms with van der Waals surface area (Å²) in [5.41, 5.74) is 8.23. The first-order valence-corrected chi connectivity index (χ1v) is 17.8. The molecule has 50 heavy (non-hydrogen) atoms. The number of aromatic nitrogens is 3. The number of oxime groups is 1. The lowest BCUT2D eigenvalue weighted by Crippen LogP contribution is -2.74.